The summed E-state index contributed by atoms with van der Waals surface area (Å²) < 4.78 is 6.01. The molecule has 0 radical (unpaired) electrons. The number of nitrogens with one attached hydrogen (secondary N) is 2. The van der Waals surface area contributed by atoms with Crippen molar-refractivity contribution in [1.82, 2.24) is 25.5 Å². The van der Waals surface area contributed by atoms with Crippen LogP contribution in [0.2, 0.25) is 0 Å². The number of amides is 1. The maximum Gasteiger partial charge on any atom is 0.326 e. The molecule has 2 atom stereocenters. The van der Waals surface area contributed by atoms with Gasteiger partial charge in [0.05, 0.1) is 12.6 Å². The van der Waals surface area contributed by atoms with Crippen molar-refractivity contribution in [1.29, 1.82) is 0 Å². The van der Waals surface area contributed by atoms with Gasteiger partial charge in [-0.1, -0.05) is 12.1 Å². The third-order valence-electron chi connectivity index (χ3n) is 5.46. The predicted octanol–water partition coefficient (Wildman–Crippen LogP) is 1.80. The Morgan fingerprint density at radius 2 is 2.16 bits per heavy atom. The summed E-state index contributed by atoms with van der Waals surface area (Å²) in [7, 11) is 0. The van der Waals surface area contributed by atoms with E-state index in [1.807, 2.05) is 24.3 Å². The van der Waals surface area contributed by atoms with E-state index in [9.17, 15) is 14.7 Å². The zero-order chi connectivity index (χ0) is 21.5. The third-order valence-corrected chi connectivity index (χ3v) is 5.46. The van der Waals surface area contributed by atoms with E-state index in [0.717, 1.165) is 10.9 Å². The molecular weight excluding hydrogens is 400 g/mol. The van der Waals surface area contributed by atoms with E-state index in [-0.39, 0.29) is 24.8 Å². The molecule has 0 spiro atoms. The third kappa shape index (κ3) is 3.45. The van der Waals surface area contributed by atoms with Gasteiger partial charge in [-0.3, -0.25) is 9.89 Å². The number of aromatic amines is 1. The topological polar surface area (TPSA) is 137 Å². The normalized spacial score (nSPS) is 18.7. The Kier molecular flexibility index (Phi) is 4.54. The Labute approximate surface area is 176 Å². The van der Waals surface area contributed by atoms with E-state index in [1.165, 1.54) is 0 Å². The molecule has 0 bridgehead atoms. The number of carbonyl (C=O) groups is 2. The zero-order valence-electron chi connectivity index (χ0n) is 16.7. The molecule has 3 N–H and O–H groups in total. The number of carboxylic acid groups (broad SMARTS) is 1. The summed E-state index contributed by atoms with van der Waals surface area (Å²) in [5.41, 5.74) is 2.52. The van der Waals surface area contributed by atoms with E-state index >= 15 is 0 Å². The number of H-pyrrole nitrogens is 1. The van der Waals surface area contributed by atoms with E-state index in [0.29, 0.717) is 34.9 Å². The van der Waals surface area contributed by atoms with Gasteiger partial charge in [-0.05, 0) is 24.6 Å². The maximum atomic E-state index is 12.4. The zero-order valence-corrected chi connectivity index (χ0v) is 16.7. The molecule has 1 fully saturated rings. The van der Waals surface area contributed by atoms with E-state index in [4.69, 9.17) is 4.42 Å². The van der Waals surface area contributed by atoms with Crippen molar-refractivity contribution >= 4 is 39.8 Å². The Hall–Kier alpha value is -3.95. The molecule has 10 nitrogen and oxygen atoms in total. The van der Waals surface area contributed by atoms with Crippen LogP contribution < -0.4 is 10.2 Å². The number of para-hydroxylation sites is 1. The van der Waals surface area contributed by atoms with Crippen LogP contribution in [0.5, 0.6) is 0 Å². The standard InChI is InChI=1S/C21H20N6O4/c1-11-24-18-14-4-2-3-5-16(14)31-19(18)20(25-11)27-10-13(7-15(27)21(29)30)26-17(28)6-12-8-22-23-9-12/h2-5,8-9,13,15H,6-7,10H2,1H3,(H,22,23)(H,26,28)(H,29,30). The highest BCUT2D eigenvalue weighted by atomic mass is 16.4. The molecule has 1 aliphatic rings. The number of anilines is 1. The van der Waals surface area contributed by atoms with Crippen molar-refractivity contribution in [3.63, 3.8) is 0 Å². The van der Waals surface area contributed by atoms with Crippen molar-refractivity contribution in [2.75, 3.05) is 11.4 Å². The van der Waals surface area contributed by atoms with Gasteiger partial charge in [-0.15, -0.1) is 0 Å². The number of fused-ring (bicyclic) bond motifs is 3. The van der Waals surface area contributed by atoms with Gasteiger partial charge in [0.2, 0.25) is 5.91 Å². The summed E-state index contributed by atoms with van der Waals surface area (Å²) in [4.78, 5) is 35.2. The fourth-order valence-electron chi connectivity index (χ4n) is 4.13. The Morgan fingerprint density at radius 1 is 1.32 bits per heavy atom. The van der Waals surface area contributed by atoms with Crippen molar-refractivity contribution in [3.8, 4) is 0 Å². The Balaban J connectivity index is 1.47. The highest BCUT2D eigenvalue weighted by molar-refractivity contribution is 6.06. The van der Waals surface area contributed by atoms with Gasteiger partial charge >= 0.3 is 5.97 Å². The molecule has 10 heteroatoms. The minimum absolute atomic E-state index is 0.172. The molecule has 5 rings (SSSR count). The second-order valence-corrected chi connectivity index (χ2v) is 7.66. The molecule has 3 aromatic heterocycles. The van der Waals surface area contributed by atoms with E-state index in [1.54, 1.807) is 24.2 Å². The van der Waals surface area contributed by atoms with Crippen molar-refractivity contribution < 1.29 is 19.1 Å². The second-order valence-electron chi connectivity index (χ2n) is 7.66. The van der Waals surface area contributed by atoms with E-state index < -0.39 is 12.0 Å². The number of aliphatic carboxylic acids is 1. The monoisotopic (exact) mass is 420 g/mol. The first-order valence-corrected chi connectivity index (χ1v) is 9.92. The van der Waals surface area contributed by atoms with Crippen LogP contribution in [-0.2, 0) is 16.0 Å². The first-order chi connectivity index (χ1) is 15.0. The number of hydrogen-bond donors (Lipinski definition) is 3. The van der Waals surface area contributed by atoms with Crippen LogP contribution in [-0.4, -0.2) is 55.8 Å². The number of carboxylic acids is 1. The lowest BCUT2D eigenvalue weighted by Gasteiger charge is -2.22. The summed E-state index contributed by atoms with van der Waals surface area (Å²) in [6, 6.07) is 6.34. The largest absolute Gasteiger partial charge is 0.480 e. The lowest BCUT2D eigenvalue weighted by atomic mass is 10.1. The lowest BCUT2D eigenvalue weighted by Crippen LogP contribution is -2.39. The Morgan fingerprint density at radius 3 is 2.94 bits per heavy atom. The fraction of sp³-hybridized carbons (Fsp3) is 0.286. The number of rotatable bonds is 5. The van der Waals surface area contributed by atoms with Gasteiger partial charge in [-0.2, -0.15) is 5.10 Å². The molecule has 2 unspecified atom stereocenters. The van der Waals surface area contributed by atoms with Crippen LogP contribution in [0.4, 0.5) is 5.82 Å². The first-order valence-electron chi connectivity index (χ1n) is 9.92. The van der Waals surface area contributed by atoms with E-state index in [2.05, 4.69) is 25.5 Å². The van der Waals surface area contributed by atoms with Gasteiger partial charge in [0.15, 0.2) is 11.4 Å². The number of hydrogen-bond acceptors (Lipinski definition) is 7. The van der Waals surface area contributed by atoms with Gasteiger partial charge < -0.3 is 19.7 Å². The van der Waals surface area contributed by atoms with Gasteiger partial charge in [0.1, 0.15) is 23.0 Å². The van der Waals surface area contributed by atoms with Gasteiger partial charge in [0.25, 0.3) is 0 Å². The number of aromatic nitrogens is 4. The molecule has 1 aliphatic heterocycles. The molecular formula is C21H20N6O4. The number of nitrogens with zero attached hydrogens (tertiary/aromatic N) is 4. The number of carbonyl (C=O) groups excluding carboxylic acids is 1. The smallest absolute Gasteiger partial charge is 0.326 e. The second kappa shape index (κ2) is 7.38. The molecule has 0 saturated carbocycles. The van der Waals surface area contributed by atoms with Crippen molar-refractivity contribution in [3.05, 3.63) is 48.0 Å². The minimum Gasteiger partial charge on any atom is -0.480 e. The molecule has 4 aromatic rings. The average Bonchev–Trinajstić information content (AvgIpc) is 3.46. The van der Waals surface area contributed by atoms with Crippen LogP contribution in [0.1, 0.15) is 17.8 Å². The molecule has 1 aromatic carbocycles. The highest BCUT2D eigenvalue weighted by Gasteiger charge is 2.40. The summed E-state index contributed by atoms with van der Waals surface area (Å²) in [5.74, 6) is -0.222. The lowest BCUT2D eigenvalue weighted by molar-refractivity contribution is -0.138. The van der Waals surface area contributed by atoms with Crippen molar-refractivity contribution in [2.45, 2.75) is 31.8 Å². The summed E-state index contributed by atoms with van der Waals surface area (Å²) in [6.07, 6.45) is 3.67. The molecule has 1 amide bonds. The fourth-order valence-corrected chi connectivity index (χ4v) is 4.13. The highest BCUT2D eigenvalue weighted by Crippen LogP contribution is 2.35. The van der Waals surface area contributed by atoms with Crippen LogP contribution in [0, 0.1) is 6.92 Å². The SMILES string of the molecule is Cc1nc(N2CC(NC(=O)Cc3cn[nH]c3)CC2C(=O)O)c2oc3ccccc3c2n1. The first kappa shape index (κ1) is 19.0. The van der Waals surface area contributed by atoms with Crippen LogP contribution >= 0.6 is 0 Å². The quantitative estimate of drug-likeness (QED) is 0.444. The van der Waals surface area contributed by atoms with Gasteiger partial charge in [0, 0.05) is 30.6 Å². The summed E-state index contributed by atoms with van der Waals surface area (Å²) in [5, 5.41) is 20.1. The molecule has 0 aliphatic carbocycles. The maximum absolute atomic E-state index is 12.4. The van der Waals surface area contributed by atoms with Gasteiger partial charge in [-0.25, -0.2) is 14.8 Å². The molecule has 4 heterocycles. The molecule has 158 valence electrons. The Bertz CT molecular complexity index is 1280. The molecule has 31 heavy (non-hydrogen) atoms. The van der Waals surface area contributed by atoms with Crippen LogP contribution in [0.25, 0.3) is 22.1 Å². The van der Waals surface area contributed by atoms with Crippen molar-refractivity contribution in [2.24, 2.45) is 0 Å². The number of furan rings is 1. The average molecular weight is 420 g/mol. The molecule has 1 saturated heterocycles. The van der Waals surface area contributed by atoms with Crippen LogP contribution in [0.15, 0.2) is 41.1 Å². The van der Waals surface area contributed by atoms with Crippen LogP contribution in [0.3, 0.4) is 0 Å². The predicted molar refractivity (Wildman–Crippen MR) is 112 cm³/mol. The summed E-state index contributed by atoms with van der Waals surface area (Å²) in [6.45, 7) is 2.07. The number of benzene rings is 1. The number of aryl methyl sites for hydroxylation is 1. The minimum atomic E-state index is -0.980. The summed E-state index contributed by atoms with van der Waals surface area (Å²) >= 11 is 0.